The smallest absolute Gasteiger partial charge is 0.126 e. The first-order valence-corrected chi connectivity index (χ1v) is 5.44. The minimum Gasteiger partial charge on any atom is -0.330 e. The highest BCUT2D eigenvalue weighted by Crippen LogP contribution is 2.25. The van der Waals surface area contributed by atoms with Gasteiger partial charge >= 0.3 is 0 Å². The normalized spacial score (nSPS) is 14.8. The number of benzene rings is 1. The first kappa shape index (κ1) is 13.1. The second-order valence-corrected chi connectivity index (χ2v) is 4.19. The summed E-state index contributed by atoms with van der Waals surface area (Å²) in [6.07, 6.45) is 1.37. The zero-order chi connectivity index (χ0) is 12.1. The fourth-order valence-corrected chi connectivity index (χ4v) is 1.88. The fraction of sp³-hybridized carbons (Fsp3) is 0.500. The summed E-state index contributed by atoms with van der Waals surface area (Å²) in [5.74, 6) is -1.08. The molecular weight excluding hydrogens is 210 g/mol. The van der Waals surface area contributed by atoms with Crippen molar-refractivity contribution in [1.82, 2.24) is 0 Å². The van der Waals surface area contributed by atoms with Gasteiger partial charge in [0.25, 0.3) is 0 Å². The Morgan fingerprint density at radius 1 is 1.19 bits per heavy atom. The highest BCUT2D eigenvalue weighted by atomic mass is 19.1. The number of hydrogen-bond donors (Lipinski definition) is 2. The summed E-state index contributed by atoms with van der Waals surface area (Å²) in [4.78, 5) is 0. The molecule has 0 bridgehead atoms. The van der Waals surface area contributed by atoms with E-state index in [0.29, 0.717) is 24.9 Å². The number of rotatable bonds is 5. The van der Waals surface area contributed by atoms with Gasteiger partial charge in [-0.1, -0.05) is 0 Å². The van der Waals surface area contributed by atoms with Gasteiger partial charge in [-0.2, -0.15) is 0 Å². The summed E-state index contributed by atoms with van der Waals surface area (Å²) in [7, 11) is 0. The lowest BCUT2D eigenvalue weighted by atomic mass is 9.90. The summed E-state index contributed by atoms with van der Waals surface area (Å²) in [6.45, 7) is 2.36. The molecule has 0 radical (unpaired) electrons. The second-order valence-electron chi connectivity index (χ2n) is 4.19. The highest BCUT2D eigenvalue weighted by molar-refractivity contribution is 5.22. The van der Waals surface area contributed by atoms with E-state index in [1.54, 1.807) is 0 Å². The predicted octanol–water partition coefficient (Wildman–Crippen LogP) is 2.13. The molecule has 1 aromatic rings. The second kappa shape index (κ2) is 5.92. The van der Waals surface area contributed by atoms with E-state index in [1.165, 1.54) is 12.1 Å². The molecule has 1 rings (SSSR count). The zero-order valence-corrected chi connectivity index (χ0v) is 9.42. The lowest BCUT2D eigenvalue weighted by Crippen LogP contribution is -2.20. The molecule has 2 atom stereocenters. The van der Waals surface area contributed by atoms with Crippen molar-refractivity contribution in [1.29, 1.82) is 0 Å². The third-order valence-electron chi connectivity index (χ3n) is 2.53. The average Bonchev–Trinajstić information content (AvgIpc) is 2.14. The molecule has 0 aliphatic heterocycles. The lowest BCUT2D eigenvalue weighted by molar-refractivity contribution is 0.515. The largest absolute Gasteiger partial charge is 0.330 e. The van der Waals surface area contributed by atoms with E-state index < -0.39 is 11.6 Å². The van der Waals surface area contributed by atoms with Gasteiger partial charge in [0.1, 0.15) is 11.6 Å². The highest BCUT2D eigenvalue weighted by Gasteiger charge is 2.14. The molecule has 0 aliphatic carbocycles. The Bertz CT molecular complexity index is 320. The predicted molar refractivity (Wildman–Crippen MR) is 61.0 cm³/mol. The Kier molecular flexibility index (Phi) is 4.83. The van der Waals surface area contributed by atoms with Gasteiger partial charge in [-0.25, -0.2) is 8.78 Å². The van der Waals surface area contributed by atoms with Crippen LogP contribution in [0.25, 0.3) is 0 Å². The van der Waals surface area contributed by atoms with Crippen LogP contribution in [0, 0.1) is 11.6 Å². The minimum absolute atomic E-state index is 0.0112. The van der Waals surface area contributed by atoms with Crippen molar-refractivity contribution >= 4 is 0 Å². The summed E-state index contributed by atoms with van der Waals surface area (Å²) >= 11 is 0. The van der Waals surface area contributed by atoms with Crippen molar-refractivity contribution in [3.8, 4) is 0 Å². The van der Waals surface area contributed by atoms with Crippen LogP contribution in [0.3, 0.4) is 0 Å². The SMILES string of the molecule is CC(N)CC(CCN)c1cc(F)cc(F)c1. The van der Waals surface area contributed by atoms with Crippen molar-refractivity contribution in [3.05, 3.63) is 35.4 Å². The van der Waals surface area contributed by atoms with Gasteiger partial charge in [0.05, 0.1) is 0 Å². The third-order valence-corrected chi connectivity index (χ3v) is 2.53. The molecule has 4 heteroatoms. The average molecular weight is 228 g/mol. The van der Waals surface area contributed by atoms with Crippen molar-refractivity contribution in [2.45, 2.75) is 31.7 Å². The summed E-state index contributed by atoms with van der Waals surface area (Å²) < 4.78 is 26.1. The molecule has 0 spiro atoms. The van der Waals surface area contributed by atoms with Crippen LogP contribution in [0.2, 0.25) is 0 Å². The van der Waals surface area contributed by atoms with E-state index >= 15 is 0 Å². The molecule has 0 heterocycles. The van der Waals surface area contributed by atoms with Gasteiger partial charge in [-0.05, 0) is 49.9 Å². The molecule has 90 valence electrons. The number of nitrogens with two attached hydrogens (primary N) is 2. The molecule has 0 saturated heterocycles. The maximum atomic E-state index is 13.1. The molecule has 0 saturated carbocycles. The summed E-state index contributed by atoms with van der Waals surface area (Å²) in [6, 6.07) is 3.56. The summed E-state index contributed by atoms with van der Waals surface area (Å²) in [5, 5.41) is 0. The van der Waals surface area contributed by atoms with Crippen molar-refractivity contribution in [2.75, 3.05) is 6.54 Å². The van der Waals surface area contributed by atoms with Crippen LogP contribution >= 0.6 is 0 Å². The maximum Gasteiger partial charge on any atom is 0.126 e. The molecule has 16 heavy (non-hydrogen) atoms. The minimum atomic E-state index is -0.554. The third kappa shape index (κ3) is 3.87. The van der Waals surface area contributed by atoms with E-state index in [1.807, 2.05) is 6.92 Å². The molecule has 4 N–H and O–H groups in total. The number of halogens is 2. The molecule has 0 aliphatic rings. The topological polar surface area (TPSA) is 52.0 Å². The molecule has 1 aromatic carbocycles. The first-order chi connectivity index (χ1) is 7.52. The molecule has 0 amide bonds. The van der Waals surface area contributed by atoms with Crippen LogP contribution in [-0.2, 0) is 0 Å². The van der Waals surface area contributed by atoms with Gasteiger partial charge in [-0.3, -0.25) is 0 Å². The van der Waals surface area contributed by atoms with E-state index in [2.05, 4.69) is 0 Å². The molecule has 0 fully saturated rings. The monoisotopic (exact) mass is 228 g/mol. The zero-order valence-electron chi connectivity index (χ0n) is 9.42. The van der Waals surface area contributed by atoms with Gasteiger partial charge in [0.2, 0.25) is 0 Å². The molecular formula is C12H18F2N2. The van der Waals surface area contributed by atoms with E-state index in [-0.39, 0.29) is 12.0 Å². The quantitative estimate of drug-likeness (QED) is 0.811. The first-order valence-electron chi connectivity index (χ1n) is 5.44. The van der Waals surface area contributed by atoms with Crippen LogP contribution in [0.4, 0.5) is 8.78 Å². The van der Waals surface area contributed by atoms with Crippen LogP contribution < -0.4 is 11.5 Å². The van der Waals surface area contributed by atoms with Crippen LogP contribution in [-0.4, -0.2) is 12.6 Å². The Morgan fingerprint density at radius 3 is 2.19 bits per heavy atom. The van der Waals surface area contributed by atoms with Crippen LogP contribution in [0.5, 0.6) is 0 Å². The standard InChI is InChI=1S/C12H18F2N2/c1-8(16)4-9(2-3-15)10-5-11(13)7-12(14)6-10/h5-9H,2-4,15-16H2,1H3. The van der Waals surface area contributed by atoms with Gasteiger partial charge in [0.15, 0.2) is 0 Å². The molecule has 0 aromatic heterocycles. The summed E-state index contributed by atoms with van der Waals surface area (Å²) in [5.41, 5.74) is 11.8. The number of hydrogen-bond acceptors (Lipinski definition) is 2. The Hall–Kier alpha value is -1.00. The van der Waals surface area contributed by atoms with E-state index in [4.69, 9.17) is 11.5 Å². The molecule has 2 unspecified atom stereocenters. The van der Waals surface area contributed by atoms with E-state index in [9.17, 15) is 8.78 Å². The molecule has 2 nitrogen and oxygen atoms in total. The van der Waals surface area contributed by atoms with Gasteiger partial charge in [-0.15, -0.1) is 0 Å². The van der Waals surface area contributed by atoms with Gasteiger partial charge in [0, 0.05) is 12.1 Å². The van der Waals surface area contributed by atoms with Crippen molar-refractivity contribution in [2.24, 2.45) is 11.5 Å². The Labute approximate surface area is 94.6 Å². The Balaban J connectivity index is 2.90. The van der Waals surface area contributed by atoms with Crippen molar-refractivity contribution in [3.63, 3.8) is 0 Å². The van der Waals surface area contributed by atoms with Crippen LogP contribution in [0.15, 0.2) is 18.2 Å². The Morgan fingerprint density at radius 2 is 1.75 bits per heavy atom. The fourth-order valence-electron chi connectivity index (χ4n) is 1.88. The lowest BCUT2D eigenvalue weighted by Gasteiger charge is -2.18. The van der Waals surface area contributed by atoms with Gasteiger partial charge < -0.3 is 11.5 Å². The maximum absolute atomic E-state index is 13.1. The van der Waals surface area contributed by atoms with Crippen LogP contribution in [0.1, 0.15) is 31.2 Å². The van der Waals surface area contributed by atoms with E-state index in [0.717, 1.165) is 6.07 Å². The van der Waals surface area contributed by atoms with Crippen molar-refractivity contribution < 1.29 is 8.78 Å².